The van der Waals surface area contributed by atoms with Gasteiger partial charge in [0.15, 0.2) is 6.29 Å². The Morgan fingerprint density at radius 1 is 1.50 bits per heavy atom. The average Bonchev–Trinajstić information content (AvgIpc) is 1.99. The lowest BCUT2D eigenvalue weighted by Crippen LogP contribution is -2.09. The molecule has 0 aromatic rings. The molecular formula is C8H10O2. The van der Waals surface area contributed by atoms with E-state index in [9.17, 15) is 4.79 Å². The minimum atomic E-state index is -1.07. The Kier molecular flexibility index (Phi) is 4.16. The number of aldehydes is 1. The summed E-state index contributed by atoms with van der Waals surface area (Å²) in [6, 6.07) is 0. The summed E-state index contributed by atoms with van der Waals surface area (Å²) in [5.74, 6) is 0. The molecule has 0 spiro atoms. The van der Waals surface area contributed by atoms with Crippen LogP contribution in [0.15, 0.2) is 37.0 Å². The first-order chi connectivity index (χ1) is 4.76. The fraction of sp³-hybridized carbons (Fsp3) is 0.125. The molecule has 1 N–H and O–H groups in total. The van der Waals surface area contributed by atoms with Gasteiger partial charge in [-0.25, -0.2) is 0 Å². The number of aliphatic hydroxyl groups excluding tert-OH is 1. The van der Waals surface area contributed by atoms with Crippen LogP contribution in [-0.4, -0.2) is 17.5 Å². The monoisotopic (exact) mass is 138 g/mol. The van der Waals surface area contributed by atoms with Crippen LogP contribution in [0.3, 0.4) is 0 Å². The van der Waals surface area contributed by atoms with Gasteiger partial charge >= 0.3 is 0 Å². The van der Waals surface area contributed by atoms with Crippen LogP contribution in [0.5, 0.6) is 0 Å². The smallest absolute Gasteiger partial charge is 0.153 e. The summed E-state index contributed by atoms with van der Waals surface area (Å²) in [6.45, 7) is 6.83. The van der Waals surface area contributed by atoms with Crippen molar-refractivity contribution in [3.63, 3.8) is 0 Å². The number of hydrogen-bond acceptors (Lipinski definition) is 2. The molecule has 0 heterocycles. The number of aliphatic hydroxyl groups is 1. The van der Waals surface area contributed by atoms with Crippen LogP contribution in [0.4, 0.5) is 0 Å². The summed E-state index contributed by atoms with van der Waals surface area (Å²) in [5.41, 5.74) is 0.463. The SMILES string of the molecule is C=C/C=C(\C=C)C(O)C=O. The van der Waals surface area contributed by atoms with E-state index < -0.39 is 6.10 Å². The molecule has 1 atom stereocenters. The molecule has 2 nitrogen and oxygen atoms in total. The summed E-state index contributed by atoms with van der Waals surface area (Å²) in [4.78, 5) is 10.0. The van der Waals surface area contributed by atoms with Crippen molar-refractivity contribution < 1.29 is 9.90 Å². The van der Waals surface area contributed by atoms with Gasteiger partial charge in [0.1, 0.15) is 6.10 Å². The Balaban J connectivity index is 4.32. The lowest BCUT2D eigenvalue weighted by Gasteiger charge is -2.00. The third-order valence-electron chi connectivity index (χ3n) is 1.02. The number of carbonyl (C=O) groups is 1. The molecule has 0 aliphatic carbocycles. The van der Waals surface area contributed by atoms with Crippen LogP contribution in [0.25, 0.3) is 0 Å². The van der Waals surface area contributed by atoms with E-state index in [4.69, 9.17) is 5.11 Å². The second kappa shape index (κ2) is 4.70. The van der Waals surface area contributed by atoms with Gasteiger partial charge in [0, 0.05) is 0 Å². The van der Waals surface area contributed by atoms with Crippen LogP contribution in [0, 0.1) is 0 Å². The van der Waals surface area contributed by atoms with Gasteiger partial charge in [-0.1, -0.05) is 31.4 Å². The van der Waals surface area contributed by atoms with Crippen molar-refractivity contribution in [1.82, 2.24) is 0 Å². The van der Waals surface area contributed by atoms with Crippen LogP contribution < -0.4 is 0 Å². The summed E-state index contributed by atoms with van der Waals surface area (Å²) in [5, 5.41) is 8.89. The molecule has 0 saturated carbocycles. The molecule has 2 heteroatoms. The van der Waals surface area contributed by atoms with Gasteiger partial charge < -0.3 is 9.90 Å². The topological polar surface area (TPSA) is 37.3 Å². The summed E-state index contributed by atoms with van der Waals surface area (Å²) < 4.78 is 0. The fourth-order valence-corrected chi connectivity index (χ4v) is 0.502. The molecule has 1 unspecified atom stereocenters. The van der Waals surface area contributed by atoms with Gasteiger partial charge in [0.2, 0.25) is 0 Å². The summed E-state index contributed by atoms with van der Waals surface area (Å²) in [7, 11) is 0. The molecular weight excluding hydrogens is 128 g/mol. The Bertz CT molecular complexity index is 168. The Labute approximate surface area is 60.2 Å². The zero-order chi connectivity index (χ0) is 7.98. The lowest BCUT2D eigenvalue weighted by molar-refractivity contribution is -0.113. The Hall–Kier alpha value is -1.15. The normalized spacial score (nSPS) is 13.9. The summed E-state index contributed by atoms with van der Waals surface area (Å²) >= 11 is 0. The minimum absolute atomic E-state index is 0.441. The Morgan fingerprint density at radius 2 is 2.10 bits per heavy atom. The molecule has 54 valence electrons. The average molecular weight is 138 g/mol. The number of hydrogen-bond donors (Lipinski definition) is 1. The highest BCUT2D eigenvalue weighted by Crippen LogP contribution is 2.00. The van der Waals surface area contributed by atoms with Crippen molar-refractivity contribution in [3.8, 4) is 0 Å². The van der Waals surface area contributed by atoms with Crippen molar-refractivity contribution in [1.29, 1.82) is 0 Å². The number of carbonyl (C=O) groups excluding carboxylic acids is 1. The van der Waals surface area contributed by atoms with Gasteiger partial charge in [-0.05, 0) is 5.57 Å². The van der Waals surface area contributed by atoms with E-state index in [0.29, 0.717) is 11.9 Å². The van der Waals surface area contributed by atoms with E-state index in [-0.39, 0.29) is 0 Å². The van der Waals surface area contributed by atoms with E-state index in [1.165, 1.54) is 18.2 Å². The van der Waals surface area contributed by atoms with Gasteiger partial charge in [0.05, 0.1) is 0 Å². The maximum atomic E-state index is 10.0. The third-order valence-corrected chi connectivity index (χ3v) is 1.02. The van der Waals surface area contributed by atoms with Crippen molar-refractivity contribution in [3.05, 3.63) is 37.0 Å². The maximum Gasteiger partial charge on any atom is 0.153 e. The second-order valence-electron chi connectivity index (χ2n) is 1.69. The van der Waals surface area contributed by atoms with Crippen molar-refractivity contribution >= 4 is 6.29 Å². The molecule has 0 radical (unpaired) electrons. The predicted octanol–water partition coefficient (Wildman–Crippen LogP) is 0.845. The zero-order valence-electron chi connectivity index (χ0n) is 5.66. The molecule has 0 aliphatic heterocycles. The van der Waals surface area contributed by atoms with E-state index in [1.807, 2.05) is 0 Å². The molecule has 0 aromatic carbocycles. The van der Waals surface area contributed by atoms with Crippen LogP contribution >= 0.6 is 0 Å². The lowest BCUT2D eigenvalue weighted by atomic mass is 10.1. The van der Waals surface area contributed by atoms with Crippen LogP contribution in [0.2, 0.25) is 0 Å². The molecule has 0 bridgehead atoms. The fourth-order valence-electron chi connectivity index (χ4n) is 0.502. The molecule has 0 saturated heterocycles. The van der Waals surface area contributed by atoms with E-state index in [1.54, 1.807) is 0 Å². The second-order valence-corrected chi connectivity index (χ2v) is 1.69. The van der Waals surface area contributed by atoms with Crippen LogP contribution in [0.1, 0.15) is 0 Å². The first-order valence-electron chi connectivity index (χ1n) is 2.84. The predicted molar refractivity (Wildman–Crippen MR) is 40.5 cm³/mol. The first-order valence-corrected chi connectivity index (χ1v) is 2.84. The number of allylic oxidation sites excluding steroid dienone is 2. The molecule has 0 aromatic heterocycles. The third kappa shape index (κ3) is 2.42. The van der Waals surface area contributed by atoms with Gasteiger partial charge in [-0.2, -0.15) is 0 Å². The maximum absolute atomic E-state index is 10.0. The molecule has 0 aliphatic rings. The van der Waals surface area contributed by atoms with E-state index >= 15 is 0 Å². The number of rotatable bonds is 4. The minimum Gasteiger partial charge on any atom is -0.381 e. The molecule has 0 rings (SSSR count). The quantitative estimate of drug-likeness (QED) is 0.461. The highest BCUT2D eigenvalue weighted by atomic mass is 16.3. The molecule has 0 fully saturated rings. The highest BCUT2D eigenvalue weighted by Gasteiger charge is 2.02. The first kappa shape index (κ1) is 8.85. The van der Waals surface area contributed by atoms with Gasteiger partial charge in [0.25, 0.3) is 0 Å². The molecule has 0 amide bonds. The zero-order valence-corrected chi connectivity index (χ0v) is 5.66. The van der Waals surface area contributed by atoms with Crippen molar-refractivity contribution in [2.45, 2.75) is 6.10 Å². The van der Waals surface area contributed by atoms with Gasteiger partial charge in [-0.3, -0.25) is 0 Å². The van der Waals surface area contributed by atoms with E-state index in [2.05, 4.69) is 13.2 Å². The van der Waals surface area contributed by atoms with Crippen molar-refractivity contribution in [2.75, 3.05) is 0 Å². The van der Waals surface area contributed by atoms with E-state index in [0.717, 1.165) is 0 Å². The standard InChI is InChI=1S/C8H10O2/c1-3-5-7(4-2)8(10)6-9/h3-6,8,10H,1-2H2/b7-5+. The summed E-state index contributed by atoms with van der Waals surface area (Å²) in [6.07, 6.45) is 3.81. The van der Waals surface area contributed by atoms with Crippen LogP contribution in [-0.2, 0) is 4.79 Å². The highest BCUT2D eigenvalue weighted by molar-refractivity contribution is 5.63. The largest absolute Gasteiger partial charge is 0.381 e. The van der Waals surface area contributed by atoms with Crippen molar-refractivity contribution in [2.24, 2.45) is 0 Å². The van der Waals surface area contributed by atoms with Gasteiger partial charge in [-0.15, -0.1) is 0 Å². The molecule has 10 heavy (non-hydrogen) atoms. The Morgan fingerprint density at radius 3 is 2.40 bits per heavy atom.